The maximum Gasteiger partial charge on any atom is 0.249 e. The molecule has 0 N–H and O–H groups in total. The molecule has 2 aromatic heterocycles. The fourth-order valence-corrected chi connectivity index (χ4v) is 3.85. The van der Waals surface area contributed by atoms with E-state index in [2.05, 4.69) is 9.78 Å². The molecule has 2 aromatic rings. The van der Waals surface area contributed by atoms with Gasteiger partial charge in [0.1, 0.15) is 17.3 Å². The zero-order valence-corrected chi connectivity index (χ0v) is 12.7. The zero-order chi connectivity index (χ0) is 14.1. The highest BCUT2D eigenvalue weighted by Crippen LogP contribution is 2.34. The number of fused-ring (bicyclic) bond motifs is 1. The first-order valence-corrected chi connectivity index (χ1v) is 7.80. The van der Waals surface area contributed by atoms with Crippen LogP contribution in [0.1, 0.15) is 36.8 Å². The maximum absolute atomic E-state index is 12.2. The van der Waals surface area contributed by atoms with Gasteiger partial charge in [-0.1, -0.05) is 0 Å². The predicted octanol–water partition coefficient (Wildman–Crippen LogP) is 2.40. The molecule has 3 heterocycles. The molecule has 6 heteroatoms. The van der Waals surface area contributed by atoms with Crippen molar-refractivity contribution in [1.82, 2.24) is 14.3 Å². The number of piperidine rings is 1. The number of carbonyl (C=O) groups excluding carboxylic acids is 1. The second-order valence-corrected chi connectivity index (χ2v) is 6.05. The van der Waals surface area contributed by atoms with E-state index in [-0.39, 0.29) is 18.6 Å². The number of ether oxygens (including phenoxy) is 1. The molecular formula is C14H19N3O2S. The predicted molar refractivity (Wildman–Crippen MR) is 78.0 cm³/mol. The number of nitrogens with zero attached hydrogens (tertiary/aromatic N) is 3. The number of methoxy groups -OCH3 is 1. The molecule has 0 unspecified atom stereocenters. The van der Waals surface area contributed by atoms with E-state index in [1.54, 1.807) is 18.4 Å². The Hall–Kier alpha value is -1.40. The lowest BCUT2D eigenvalue weighted by Crippen LogP contribution is -2.40. The first-order valence-electron chi connectivity index (χ1n) is 6.93. The average Bonchev–Trinajstić information content (AvgIpc) is 3.04. The molecule has 0 radical (unpaired) electrons. The highest BCUT2D eigenvalue weighted by atomic mass is 32.1. The molecule has 0 aromatic carbocycles. The molecule has 1 saturated heterocycles. The number of imidazole rings is 1. The summed E-state index contributed by atoms with van der Waals surface area (Å²) < 4.78 is 7.11. The first-order chi connectivity index (χ1) is 9.72. The highest BCUT2D eigenvalue weighted by molar-refractivity contribution is 7.15. The minimum Gasteiger partial charge on any atom is -0.375 e. The molecule has 1 amide bonds. The minimum atomic E-state index is 0.0626. The van der Waals surface area contributed by atoms with Crippen LogP contribution in [0.15, 0.2) is 11.6 Å². The Kier molecular flexibility index (Phi) is 3.76. The van der Waals surface area contributed by atoms with Crippen LogP contribution in [0.5, 0.6) is 0 Å². The molecule has 1 aliphatic rings. The second kappa shape index (κ2) is 5.54. The normalized spacial score (nSPS) is 19.7. The summed E-state index contributed by atoms with van der Waals surface area (Å²) in [6, 6.07) is 0.0914. The topological polar surface area (TPSA) is 46.8 Å². The van der Waals surface area contributed by atoms with Crippen LogP contribution in [0, 0.1) is 6.92 Å². The van der Waals surface area contributed by atoms with Crippen molar-refractivity contribution in [2.45, 2.75) is 32.2 Å². The van der Waals surface area contributed by atoms with Gasteiger partial charge in [-0.15, -0.1) is 11.3 Å². The largest absolute Gasteiger partial charge is 0.375 e. The van der Waals surface area contributed by atoms with Crippen molar-refractivity contribution in [1.29, 1.82) is 0 Å². The van der Waals surface area contributed by atoms with E-state index < -0.39 is 0 Å². The standard InChI is InChI=1S/C14H19N3O2S/c1-10-15-13(14-16(10)7-8-20-14)11-5-3-4-6-17(11)12(18)9-19-2/h7-8,11H,3-6,9H2,1-2H3/t11-/m1/s1. The van der Waals surface area contributed by atoms with Gasteiger partial charge in [-0.05, 0) is 26.2 Å². The van der Waals surface area contributed by atoms with E-state index in [4.69, 9.17) is 9.72 Å². The Morgan fingerprint density at radius 2 is 2.40 bits per heavy atom. The van der Waals surface area contributed by atoms with Crippen LogP contribution in [-0.2, 0) is 9.53 Å². The third-order valence-electron chi connectivity index (χ3n) is 3.87. The van der Waals surface area contributed by atoms with Crippen molar-refractivity contribution in [2.75, 3.05) is 20.3 Å². The number of amides is 1. The van der Waals surface area contributed by atoms with Crippen molar-refractivity contribution in [3.63, 3.8) is 0 Å². The Balaban J connectivity index is 1.97. The summed E-state index contributed by atoms with van der Waals surface area (Å²) in [5, 5.41) is 2.07. The highest BCUT2D eigenvalue weighted by Gasteiger charge is 2.31. The van der Waals surface area contributed by atoms with Gasteiger partial charge >= 0.3 is 0 Å². The second-order valence-electron chi connectivity index (χ2n) is 5.15. The third-order valence-corrected chi connectivity index (χ3v) is 4.75. The maximum atomic E-state index is 12.2. The molecule has 20 heavy (non-hydrogen) atoms. The summed E-state index contributed by atoms with van der Waals surface area (Å²) in [4.78, 5) is 20.0. The van der Waals surface area contributed by atoms with Crippen molar-refractivity contribution >= 4 is 22.1 Å². The number of carbonyl (C=O) groups is 1. The van der Waals surface area contributed by atoms with Crippen LogP contribution < -0.4 is 0 Å². The molecule has 0 bridgehead atoms. The van der Waals surface area contributed by atoms with Crippen molar-refractivity contribution in [3.05, 3.63) is 23.1 Å². The summed E-state index contributed by atoms with van der Waals surface area (Å²) in [5.41, 5.74) is 1.04. The lowest BCUT2D eigenvalue weighted by molar-refractivity contribution is -0.139. The summed E-state index contributed by atoms with van der Waals surface area (Å²) >= 11 is 1.69. The van der Waals surface area contributed by atoms with Gasteiger partial charge in [-0.25, -0.2) is 4.98 Å². The molecule has 5 nitrogen and oxygen atoms in total. The van der Waals surface area contributed by atoms with Crippen LogP contribution in [0.3, 0.4) is 0 Å². The number of hydrogen-bond acceptors (Lipinski definition) is 4. The number of aryl methyl sites for hydroxylation is 1. The zero-order valence-electron chi connectivity index (χ0n) is 11.8. The third kappa shape index (κ3) is 2.23. The molecule has 3 rings (SSSR count). The molecule has 1 fully saturated rings. The van der Waals surface area contributed by atoms with E-state index in [0.29, 0.717) is 0 Å². The van der Waals surface area contributed by atoms with E-state index in [9.17, 15) is 4.79 Å². The molecule has 1 atom stereocenters. The van der Waals surface area contributed by atoms with E-state index >= 15 is 0 Å². The fourth-order valence-electron chi connectivity index (χ4n) is 2.93. The molecule has 0 aliphatic carbocycles. The van der Waals surface area contributed by atoms with Crippen LogP contribution in [0.25, 0.3) is 4.83 Å². The van der Waals surface area contributed by atoms with Gasteiger partial charge in [0.15, 0.2) is 0 Å². The lowest BCUT2D eigenvalue weighted by Gasteiger charge is -2.34. The summed E-state index contributed by atoms with van der Waals surface area (Å²) in [6.07, 6.45) is 5.23. The van der Waals surface area contributed by atoms with Crippen LogP contribution in [-0.4, -0.2) is 40.5 Å². The fraction of sp³-hybridized carbons (Fsp3) is 0.571. The van der Waals surface area contributed by atoms with Crippen molar-refractivity contribution < 1.29 is 9.53 Å². The smallest absolute Gasteiger partial charge is 0.249 e. The molecular weight excluding hydrogens is 274 g/mol. The van der Waals surface area contributed by atoms with Crippen molar-refractivity contribution in [2.24, 2.45) is 0 Å². The lowest BCUT2D eigenvalue weighted by atomic mass is 9.99. The number of hydrogen-bond donors (Lipinski definition) is 0. The SMILES string of the molecule is COCC(=O)N1CCCC[C@@H]1c1nc(C)n2ccsc12. The van der Waals surface area contributed by atoms with Crippen LogP contribution in [0.4, 0.5) is 0 Å². The Labute approximate surface area is 122 Å². The number of thiazole rings is 1. The van der Waals surface area contributed by atoms with Gasteiger partial charge in [-0.2, -0.15) is 0 Å². The molecule has 108 valence electrons. The van der Waals surface area contributed by atoms with Gasteiger partial charge in [-0.3, -0.25) is 9.20 Å². The van der Waals surface area contributed by atoms with Gasteiger partial charge in [0, 0.05) is 25.2 Å². The van der Waals surface area contributed by atoms with Crippen molar-refractivity contribution in [3.8, 4) is 0 Å². The van der Waals surface area contributed by atoms with E-state index in [0.717, 1.165) is 42.2 Å². The summed E-state index contributed by atoms with van der Waals surface area (Å²) in [5.74, 6) is 1.05. The minimum absolute atomic E-state index is 0.0626. The number of aromatic nitrogens is 2. The number of rotatable bonds is 3. The van der Waals surface area contributed by atoms with Crippen LogP contribution in [0.2, 0.25) is 0 Å². The number of likely N-dealkylation sites (tertiary alicyclic amines) is 1. The van der Waals surface area contributed by atoms with E-state index in [1.165, 1.54) is 0 Å². The quantitative estimate of drug-likeness (QED) is 0.873. The average molecular weight is 293 g/mol. The van der Waals surface area contributed by atoms with Gasteiger partial charge in [0.05, 0.1) is 11.7 Å². The molecule has 0 saturated carbocycles. The Morgan fingerprint density at radius 3 is 3.20 bits per heavy atom. The molecule has 1 aliphatic heterocycles. The van der Waals surface area contributed by atoms with Crippen LogP contribution >= 0.6 is 11.3 Å². The van der Waals surface area contributed by atoms with Gasteiger partial charge < -0.3 is 9.64 Å². The Morgan fingerprint density at radius 1 is 1.55 bits per heavy atom. The summed E-state index contributed by atoms with van der Waals surface area (Å²) in [7, 11) is 1.56. The summed E-state index contributed by atoms with van der Waals surface area (Å²) in [6.45, 7) is 2.96. The van der Waals surface area contributed by atoms with E-state index in [1.807, 2.05) is 18.0 Å². The van der Waals surface area contributed by atoms with Gasteiger partial charge in [0.25, 0.3) is 0 Å². The first kappa shape index (κ1) is 13.6. The monoisotopic (exact) mass is 293 g/mol. The Bertz CT molecular complexity index is 619. The van der Waals surface area contributed by atoms with Gasteiger partial charge in [0.2, 0.25) is 5.91 Å². The molecule has 0 spiro atoms.